The lowest BCUT2D eigenvalue weighted by molar-refractivity contribution is 0.0956. The molecule has 156 valence electrons. The molecular formula is C22H21ClN2O3S2. The fraction of sp³-hybridized carbons (Fsp3) is 0.136. The van der Waals surface area contributed by atoms with Gasteiger partial charge in [0.25, 0.3) is 15.9 Å². The summed E-state index contributed by atoms with van der Waals surface area (Å²) in [6.45, 7) is 2.32. The van der Waals surface area contributed by atoms with E-state index in [1.165, 1.54) is 18.2 Å². The summed E-state index contributed by atoms with van der Waals surface area (Å²) in [6.07, 6.45) is 0. The Balaban J connectivity index is 1.67. The molecule has 0 unspecified atom stereocenters. The van der Waals surface area contributed by atoms with Crippen molar-refractivity contribution in [3.05, 3.63) is 88.9 Å². The van der Waals surface area contributed by atoms with E-state index in [-0.39, 0.29) is 21.4 Å². The Bertz CT molecular complexity index is 1140. The predicted octanol–water partition coefficient (Wildman–Crippen LogP) is 4.97. The SMILES string of the molecule is Cc1cccc(NS(=O)(=O)c2cc(C(=O)NCCSc3ccccc3)ccc2Cl)c1. The maximum absolute atomic E-state index is 12.8. The highest BCUT2D eigenvalue weighted by atomic mass is 35.5. The van der Waals surface area contributed by atoms with Crippen LogP contribution in [-0.2, 0) is 10.0 Å². The molecule has 0 saturated carbocycles. The maximum Gasteiger partial charge on any atom is 0.263 e. The fourth-order valence-electron chi connectivity index (χ4n) is 2.72. The highest BCUT2D eigenvalue weighted by Crippen LogP contribution is 2.25. The van der Waals surface area contributed by atoms with Crippen molar-refractivity contribution in [3.8, 4) is 0 Å². The van der Waals surface area contributed by atoms with Crippen LogP contribution in [0.4, 0.5) is 5.69 Å². The van der Waals surface area contributed by atoms with E-state index in [1.807, 2.05) is 43.3 Å². The molecule has 0 aliphatic rings. The number of anilines is 1. The zero-order chi connectivity index (χ0) is 21.6. The minimum atomic E-state index is -3.94. The van der Waals surface area contributed by atoms with Gasteiger partial charge in [-0.1, -0.05) is 41.9 Å². The zero-order valence-electron chi connectivity index (χ0n) is 16.3. The average molecular weight is 461 g/mol. The van der Waals surface area contributed by atoms with E-state index < -0.39 is 10.0 Å². The van der Waals surface area contributed by atoms with Crippen LogP contribution in [0.15, 0.2) is 82.6 Å². The summed E-state index contributed by atoms with van der Waals surface area (Å²) >= 11 is 7.75. The lowest BCUT2D eigenvalue weighted by Crippen LogP contribution is -2.26. The van der Waals surface area contributed by atoms with Crippen molar-refractivity contribution in [1.82, 2.24) is 5.32 Å². The van der Waals surface area contributed by atoms with Crippen LogP contribution in [0.2, 0.25) is 5.02 Å². The first-order valence-electron chi connectivity index (χ1n) is 9.20. The summed E-state index contributed by atoms with van der Waals surface area (Å²) in [7, 11) is -3.94. The van der Waals surface area contributed by atoms with Gasteiger partial charge in [0.1, 0.15) is 4.90 Å². The molecule has 8 heteroatoms. The summed E-state index contributed by atoms with van der Waals surface area (Å²) in [5.41, 5.74) is 1.58. The number of hydrogen-bond donors (Lipinski definition) is 2. The number of sulfonamides is 1. The Labute approximate surface area is 185 Å². The van der Waals surface area contributed by atoms with Crippen molar-refractivity contribution in [1.29, 1.82) is 0 Å². The van der Waals surface area contributed by atoms with E-state index in [9.17, 15) is 13.2 Å². The molecule has 0 radical (unpaired) electrons. The summed E-state index contributed by atoms with van der Waals surface area (Å²) in [6, 6.07) is 21.1. The molecular weight excluding hydrogens is 440 g/mol. The second-order valence-electron chi connectivity index (χ2n) is 6.54. The van der Waals surface area contributed by atoms with Crippen LogP contribution in [0.3, 0.4) is 0 Å². The van der Waals surface area contributed by atoms with E-state index in [4.69, 9.17) is 11.6 Å². The standard InChI is InChI=1S/C22H21ClN2O3S2/c1-16-6-5-7-18(14-16)25-30(27,28)21-15-17(10-11-20(21)23)22(26)24-12-13-29-19-8-3-2-4-9-19/h2-11,14-15,25H,12-13H2,1H3,(H,24,26). The molecule has 1 amide bonds. The van der Waals surface area contributed by atoms with E-state index in [1.54, 1.807) is 30.0 Å². The molecule has 0 fully saturated rings. The number of rotatable bonds is 8. The molecule has 0 aliphatic heterocycles. The van der Waals surface area contributed by atoms with Crippen LogP contribution in [-0.4, -0.2) is 26.6 Å². The second kappa shape index (κ2) is 10.0. The Hall–Kier alpha value is -2.48. The molecule has 0 heterocycles. The number of carbonyl (C=O) groups is 1. The van der Waals surface area contributed by atoms with Crippen LogP contribution in [0.5, 0.6) is 0 Å². The molecule has 0 aromatic heterocycles. The van der Waals surface area contributed by atoms with Gasteiger partial charge >= 0.3 is 0 Å². The molecule has 0 atom stereocenters. The fourth-order valence-corrected chi connectivity index (χ4v) is 5.09. The van der Waals surface area contributed by atoms with Gasteiger partial charge < -0.3 is 5.32 Å². The molecule has 0 spiro atoms. The van der Waals surface area contributed by atoms with Crippen LogP contribution in [0.25, 0.3) is 0 Å². The normalized spacial score (nSPS) is 11.1. The Kier molecular flexibility index (Phi) is 7.42. The molecule has 5 nitrogen and oxygen atoms in total. The number of carbonyl (C=O) groups excluding carboxylic acids is 1. The van der Waals surface area contributed by atoms with E-state index in [2.05, 4.69) is 10.0 Å². The summed E-state index contributed by atoms with van der Waals surface area (Å²) in [4.78, 5) is 13.4. The molecule has 0 saturated heterocycles. The average Bonchev–Trinajstić information content (AvgIpc) is 2.71. The highest BCUT2D eigenvalue weighted by Gasteiger charge is 2.20. The molecule has 30 heavy (non-hydrogen) atoms. The number of thioether (sulfide) groups is 1. The first-order chi connectivity index (χ1) is 14.3. The van der Waals surface area contributed by atoms with E-state index >= 15 is 0 Å². The van der Waals surface area contributed by atoms with Crippen molar-refractivity contribution in [3.63, 3.8) is 0 Å². The van der Waals surface area contributed by atoms with Crippen molar-refractivity contribution in [2.24, 2.45) is 0 Å². The molecule has 3 aromatic rings. The van der Waals surface area contributed by atoms with E-state index in [0.717, 1.165) is 10.5 Å². The second-order valence-corrected chi connectivity index (χ2v) is 9.76. The van der Waals surface area contributed by atoms with Gasteiger partial charge in [-0.05, 0) is 55.0 Å². The van der Waals surface area contributed by atoms with Gasteiger partial charge in [-0.3, -0.25) is 9.52 Å². The number of hydrogen-bond acceptors (Lipinski definition) is 4. The predicted molar refractivity (Wildman–Crippen MR) is 123 cm³/mol. The Morgan fingerprint density at radius 2 is 1.77 bits per heavy atom. The first-order valence-corrected chi connectivity index (χ1v) is 12.0. The maximum atomic E-state index is 12.8. The molecule has 3 rings (SSSR count). The number of aryl methyl sites for hydroxylation is 1. The van der Waals surface area contributed by atoms with Crippen LogP contribution < -0.4 is 10.0 Å². The van der Waals surface area contributed by atoms with Crippen molar-refractivity contribution < 1.29 is 13.2 Å². The van der Waals surface area contributed by atoms with Gasteiger partial charge in [0.2, 0.25) is 0 Å². The Morgan fingerprint density at radius 1 is 1.00 bits per heavy atom. The number of halogens is 1. The number of benzene rings is 3. The van der Waals surface area contributed by atoms with Crippen molar-refractivity contribution in [2.75, 3.05) is 17.0 Å². The molecule has 0 aliphatic carbocycles. The lowest BCUT2D eigenvalue weighted by Gasteiger charge is -2.12. The lowest BCUT2D eigenvalue weighted by atomic mass is 10.2. The minimum absolute atomic E-state index is 0.0475. The van der Waals surface area contributed by atoms with Crippen LogP contribution in [0, 0.1) is 6.92 Å². The van der Waals surface area contributed by atoms with Crippen molar-refractivity contribution in [2.45, 2.75) is 16.7 Å². The first kappa shape index (κ1) is 22.2. The van der Waals surface area contributed by atoms with Gasteiger partial charge in [0.05, 0.1) is 5.02 Å². The molecule has 3 aromatic carbocycles. The largest absolute Gasteiger partial charge is 0.351 e. The minimum Gasteiger partial charge on any atom is -0.351 e. The zero-order valence-corrected chi connectivity index (χ0v) is 18.7. The molecule has 2 N–H and O–H groups in total. The van der Waals surface area contributed by atoms with Gasteiger partial charge in [-0.2, -0.15) is 0 Å². The van der Waals surface area contributed by atoms with Crippen LogP contribution >= 0.6 is 23.4 Å². The van der Waals surface area contributed by atoms with Gasteiger partial charge in [0.15, 0.2) is 0 Å². The van der Waals surface area contributed by atoms with Gasteiger partial charge in [0, 0.05) is 28.4 Å². The van der Waals surface area contributed by atoms with Gasteiger partial charge in [-0.15, -0.1) is 11.8 Å². The highest BCUT2D eigenvalue weighted by molar-refractivity contribution is 7.99. The third kappa shape index (κ3) is 6.01. The van der Waals surface area contributed by atoms with Crippen molar-refractivity contribution >= 4 is 45.0 Å². The number of amides is 1. The van der Waals surface area contributed by atoms with E-state index in [0.29, 0.717) is 18.0 Å². The quantitative estimate of drug-likeness (QED) is 0.367. The smallest absolute Gasteiger partial charge is 0.263 e. The third-order valence-corrected chi connectivity index (χ3v) is 7.03. The Morgan fingerprint density at radius 3 is 2.50 bits per heavy atom. The monoisotopic (exact) mass is 460 g/mol. The number of nitrogens with one attached hydrogen (secondary N) is 2. The van der Waals surface area contributed by atoms with Crippen LogP contribution in [0.1, 0.15) is 15.9 Å². The summed E-state index contributed by atoms with van der Waals surface area (Å²) in [5.74, 6) is 0.344. The van der Waals surface area contributed by atoms with Gasteiger partial charge in [-0.25, -0.2) is 8.42 Å². The summed E-state index contributed by atoms with van der Waals surface area (Å²) in [5, 5.41) is 2.85. The topological polar surface area (TPSA) is 75.3 Å². The molecule has 0 bridgehead atoms. The third-order valence-electron chi connectivity index (χ3n) is 4.15. The summed E-state index contributed by atoms with van der Waals surface area (Å²) < 4.78 is 28.1.